The number of rotatable bonds is 7. The Morgan fingerprint density at radius 3 is 2.66 bits per heavy atom. The smallest absolute Gasteiger partial charge is 0.282 e. The first-order valence-corrected chi connectivity index (χ1v) is 8.87. The molecule has 1 aliphatic rings. The third-order valence-electron chi connectivity index (χ3n) is 4.63. The molecule has 0 bridgehead atoms. The summed E-state index contributed by atoms with van der Waals surface area (Å²) in [5.41, 5.74) is 1.18. The zero-order valence-electron chi connectivity index (χ0n) is 15.9. The molecule has 9 nitrogen and oxygen atoms in total. The van der Waals surface area contributed by atoms with Gasteiger partial charge in [0, 0.05) is 12.6 Å². The second-order valence-electron chi connectivity index (χ2n) is 6.57. The van der Waals surface area contributed by atoms with Crippen molar-refractivity contribution in [2.75, 3.05) is 20.2 Å². The number of hydrogen-bond donors (Lipinski definition) is 1. The molecule has 0 fully saturated rings. The van der Waals surface area contributed by atoms with Crippen LogP contribution in [0.5, 0.6) is 5.75 Å². The van der Waals surface area contributed by atoms with E-state index in [2.05, 4.69) is 5.32 Å². The lowest BCUT2D eigenvalue weighted by Crippen LogP contribution is -2.40. The van der Waals surface area contributed by atoms with Gasteiger partial charge in [-0.05, 0) is 31.0 Å². The Labute approximate surface area is 166 Å². The maximum absolute atomic E-state index is 12.5. The summed E-state index contributed by atoms with van der Waals surface area (Å²) in [4.78, 5) is 48.3. The van der Waals surface area contributed by atoms with Gasteiger partial charge in [-0.1, -0.05) is 23.8 Å². The predicted octanol–water partition coefficient (Wildman–Crippen LogP) is 1.87. The molecule has 0 atom stereocenters. The first kappa shape index (κ1) is 20.0. The Morgan fingerprint density at radius 1 is 1.21 bits per heavy atom. The highest BCUT2D eigenvalue weighted by atomic mass is 16.6. The van der Waals surface area contributed by atoms with Gasteiger partial charge in [-0.2, -0.15) is 0 Å². The number of nitrogens with one attached hydrogen (secondary N) is 1. The average molecular weight is 397 g/mol. The third-order valence-corrected chi connectivity index (χ3v) is 4.63. The van der Waals surface area contributed by atoms with Gasteiger partial charge in [0.05, 0.1) is 17.6 Å². The van der Waals surface area contributed by atoms with Gasteiger partial charge in [0.25, 0.3) is 17.5 Å². The van der Waals surface area contributed by atoms with Crippen LogP contribution in [-0.4, -0.2) is 47.7 Å². The molecule has 0 aromatic heterocycles. The van der Waals surface area contributed by atoms with Gasteiger partial charge in [0.15, 0.2) is 0 Å². The molecule has 0 saturated heterocycles. The van der Waals surface area contributed by atoms with Crippen LogP contribution in [0.25, 0.3) is 0 Å². The SMILES string of the molecule is COc1ccc(C)cc1CCNC(=O)CN1C(=O)c2cccc([N+](=O)[O-])c2C1=O. The normalized spacial score (nSPS) is 12.7. The summed E-state index contributed by atoms with van der Waals surface area (Å²) >= 11 is 0. The molecule has 9 heteroatoms. The van der Waals surface area contributed by atoms with Crippen LogP contribution in [0.15, 0.2) is 36.4 Å². The fraction of sp³-hybridized carbons (Fsp3) is 0.250. The largest absolute Gasteiger partial charge is 0.496 e. The number of fused-ring (bicyclic) bond motifs is 1. The highest BCUT2D eigenvalue weighted by Crippen LogP contribution is 2.30. The van der Waals surface area contributed by atoms with Crippen LogP contribution < -0.4 is 10.1 Å². The van der Waals surface area contributed by atoms with Gasteiger partial charge in [-0.3, -0.25) is 29.4 Å². The number of nitrogens with zero attached hydrogens (tertiary/aromatic N) is 2. The molecule has 29 heavy (non-hydrogen) atoms. The molecular formula is C20H19N3O6. The van der Waals surface area contributed by atoms with E-state index < -0.39 is 34.9 Å². The zero-order chi connectivity index (χ0) is 21.1. The first-order chi connectivity index (χ1) is 13.8. The summed E-state index contributed by atoms with van der Waals surface area (Å²) in [6, 6.07) is 9.54. The predicted molar refractivity (Wildman–Crippen MR) is 103 cm³/mol. The van der Waals surface area contributed by atoms with E-state index in [1.54, 1.807) is 7.11 Å². The van der Waals surface area contributed by atoms with E-state index in [9.17, 15) is 24.5 Å². The molecule has 0 saturated carbocycles. The summed E-state index contributed by atoms with van der Waals surface area (Å²) in [7, 11) is 1.56. The fourth-order valence-electron chi connectivity index (χ4n) is 3.25. The second kappa shape index (κ2) is 8.09. The van der Waals surface area contributed by atoms with E-state index >= 15 is 0 Å². The van der Waals surface area contributed by atoms with E-state index in [0.717, 1.165) is 22.1 Å². The number of benzene rings is 2. The molecule has 0 spiro atoms. The van der Waals surface area contributed by atoms with Crippen molar-refractivity contribution in [3.63, 3.8) is 0 Å². The molecule has 1 heterocycles. The zero-order valence-corrected chi connectivity index (χ0v) is 15.9. The lowest BCUT2D eigenvalue weighted by Gasteiger charge is -2.14. The van der Waals surface area contributed by atoms with E-state index in [1.165, 1.54) is 12.1 Å². The molecule has 0 radical (unpaired) electrons. The Balaban J connectivity index is 1.64. The summed E-state index contributed by atoms with van der Waals surface area (Å²) in [6.07, 6.45) is 0.504. The van der Waals surface area contributed by atoms with E-state index in [4.69, 9.17) is 4.74 Å². The maximum Gasteiger partial charge on any atom is 0.282 e. The number of amides is 3. The lowest BCUT2D eigenvalue weighted by atomic mass is 10.1. The molecular weight excluding hydrogens is 378 g/mol. The van der Waals surface area contributed by atoms with E-state index in [1.807, 2.05) is 25.1 Å². The van der Waals surface area contributed by atoms with Gasteiger partial charge in [0.2, 0.25) is 5.91 Å². The molecule has 3 amide bonds. The molecule has 0 aliphatic carbocycles. The lowest BCUT2D eigenvalue weighted by molar-refractivity contribution is -0.385. The van der Waals surface area contributed by atoms with Crippen molar-refractivity contribution in [3.8, 4) is 5.75 Å². The highest BCUT2D eigenvalue weighted by molar-refractivity contribution is 6.24. The second-order valence-corrected chi connectivity index (χ2v) is 6.57. The number of carbonyl (C=O) groups is 3. The molecule has 150 valence electrons. The van der Waals surface area contributed by atoms with Gasteiger partial charge < -0.3 is 10.1 Å². The number of nitro benzene ring substituents is 1. The Bertz CT molecular complexity index is 1020. The van der Waals surface area contributed by atoms with Crippen molar-refractivity contribution in [3.05, 3.63) is 68.8 Å². The Hall–Kier alpha value is -3.75. The van der Waals surface area contributed by atoms with Crippen molar-refractivity contribution < 1.29 is 24.0 Å². The summed E-state index contributed by atoms with van der Waals surface area (Å²) in [5, 5.41) is 13.8. The molecule has 1 N–H and O–H groups in total. The van der Waals surface area contributed by atoms with Gasteiger partial charge in [-0.15, -0.1) is 0 Å². The summed E-state index contributed by atoms with van der Waals surface area (Å²) < 4.78 is 5.29. The van der Waals surface area contributed by atoms with Crippen molar-refractivity contribution in [1.82, 2.24) is 10.2 Å². The van der Waals surface area contributed by atoms with Crippen molar-refractivity contribution in [2.45, 2.75) is 13.3 Å². The summed E-state index contributed by atoms with van der Waals surface area (Å²) in [5.74, 6) is -1.39. The number of imide groups is 1. The van der Waals surface area contributed by atoms with Crippen molar-refractivity contribution in [1.29, 1.82) is 0 Å². The minimum atomic E-state index is -0.840. The molecule has 1 aliphatic heterocycles. The molecule has 3 rings (SSSR count). The third kappa shape index (κ3) is 3.93. The molecule has 2 aromatic rings. The fourth-order valence-corrected chi connectivity index (χ4v) is 3.25. The Morgan fingerprint density at radius 2 is 1.97 bits per heavy atom. The number of aryl methyl sites for hydroxylation is 1. The topological polar surface area (TPSA) is 119 Å². The van der Waals surface area contributed by atoms with E-state index in [-0.39, 0.29) is 17.7 Å². The van der Waals surface area contributed by atoms with Crippen LogP contribution in [0, 0.1) is 17.0 Å². The average Bonchev–Trinajstić information content (AvgIpc) is 2.93. The number of nitro groups is 1. The quantitative estimate of drug-likeness (QED) is 0.433. The van der Waals surface area contributed by atoms with Crippen LogP contribution >= 0.6 is 0 Å². The number of hydrogen-bond acceptors (Lipinski definition) is 6. The van der Waals surface area contributed by atoms with Gasteiger partial charge in [-0.25, -0.2) is 0 Å². The highest BCUT2D eigenvalue weighted by Gasteiger charge is 2.41. The van der Waals surface area contributed by atoms with Crippen LogP contribution in [-0.2, 0) is 11.2 Å². The molecule has 0 unspecified atom stereocenters. The Kier molecular flexibility index (Phi) is 5.58. The van der Waals surface area contributed by atoms with E-state index in [0.29, 0.717) is 12.2 Å². The number of carbonyl (C=O) groups excluding carboxylic acids is 3. The van der Waals surface area contributed by atoms with Crippen LogP contribution in [0.4, 0.5) is 5.69 Å². The van der Waals surface area contributed by atoms with Gasteiger partial charge in [0.1, 0.15) is 17.9 Å². The summed E-state index contributed by atoms with van der Waals surface area (Å²) in [6.45, 7) is 1.72. The maximum atomic E-state index is 12.5. The van der Waals surface area contributed by atoms with Crippen LogP contribution in [0.1, 0.15) is 31.8 Å². The molecule has 2 aromatic carbocycles. The van der Waals surface area contributed by atoms with Crippen LogP contribution in [0.2, 0.25) is 0 Å². The number of ether oxygens (including phenoxy) is 1. The minimum absolute atomic E-state index is 0.0681. The van der Waals surface area contributed by atoms with Crippen molar-refractivity contribution in [2.24, 2.45) is 0 Å². The monoisotopic (exact) mass is 397 g/mol. The van der Waals surface area contributed by atoms with Gasteiger partial charge >= 0.3 is 0 Å². The number of methoxy groups -OCH3 is 1. The van der Waals surface area contributed by atoms with Crippen LogP contribution in [0.3, 0.4) is 0 Å². The first-order valence-electron chi connectivity index (χ1n) is 8.87. The minimum Gasteiger partial charge on any atom is -0.496 e. The standard InChI is InChI=1S/C20H19N3O6/c1-12-6-7-16(29-2)13(10-12)8-9-21-17(24)11-22-19(25)14-4-3-5-15(23(27)28)18(14)20(22)26/h3-7,10H,8-9,11H2,1-2H3,(H,21,24). The van der Waals surface area contributed by atoms with Crippen molar-refractivity contribution >= 4 is 23.4 Å².